The van der Waals surface area contributed by atoms with Crippen LogP contribution < -0.4 is 5.45 Å². The number of benzene rings is 2. The van der Waals surface area contributed by atoms with Gasteiger partial charge in [-0.05, 0) is 31.2 Å². The summed E-state index contributed by atoms with van der Waals surface area (Å²) >= 11 is 0. The Morgan fingerprint density at radius 2 is 1.70 bits per heavy atom. The van der Waals surface area contributed by atoms with Crippen LogP contribution in [0.3, 0.4) is 0 Å². The van der Waals surface area contributed by atoms with Crippen LogP contribution >= 0.6 is 0 Å². The van der Waals surface area contributed by atoms with E-state index in [-0.39, 0.29) is 24.7 Å². The van der Waals surface area contributed by atoms with Crippen LogP contribution in [0, 0.1) is 0 Å². The van der Waals surface area contributed by atoms with E-state index in [0.717, 1.165) is 12.1 Å². The number of carbonyl (C=O) groups is 1. The Morgan fingerprint density at radius 1 is 1.00 bits per heavy atom. The van der Waals surface area contributed by atoms with Gasteiger partial charge < -0.3 is 9.47 Å². The number of carbonyl (C=O) groups excluding carboxylic acids is 1. The molecule has 194 valence electrons. The minimum absolute atomic E-state index is 0.0332. The second kappa shape index (κ2) is 10.1. The average Bonchev–Trinajstić information content (AvgIpc) is 3.21. The van der Waals surface area contributed by atoms with Gasteiger partial charge in [-0.15, -0.1) is 0 Å². The standard InChI is InChI=1S/C26H27F3N4O3Si/c1-6-36-24(34)17-12-10-16(11-13-17)20-21-23(32-25(31-20)37(3,4)5)33(15-35-2)22(30-21)18-8-7-9-19(14-18)26(27,28)29/h7-14H,6,15H2,1-5H3. The molecular weight excluding hydrogens is 501 g/mol. The third kappa shape index (κ3) is 5.42. The van der Waals surface area contributed by atoms with E-state index in [9.17, 15) is 18.0 Å². The highest BCUT2D eigenvalue weighted by Crippen LogP contribution is 2.34. The van der Waals surface area contributed by atoms with Crippen molar-refractivity contribution in [3.63, 3.8) is 0 Å². The van der Waals surface area contributed by atoms with Crippen molar-refractivity contribution in [3.05, 3.63) is 59.7 Å². The Bertz CT molecular complexity index is 1440. The zero-order valence-electron chi connectivity index (χ0n) is 21.2. The Hall–Kier alpha value is -3.57. The highest BCUT2D eigenvalue weighted by molar-refractivity contribution is 6.87. The smallest absolute Gasteiger partial charge is 0.416 e. The number of esters is 1. The minimum Gasteiger partial charge on any atom is -0.462 e. The van der Waals surface area contributed by atoms with Gasteiger partial charge in [-0.2, -0.15) is 13.2 Å². The molecule has 0 atom stereocenters. The molecule has 0 amide bonds. The maximum atomic E-state index is 13.4. The summed E-state index contributed by atoms with van der Waals surface area (Å²) in [6, 6.07) is 11.8. The summed E-state index contributed by atoms with van der Waals surface area (Å²) in [7, 11) is -0.534. The molecule has 2 heterocycles. The van der Waals surface area contributed by atoms with Crippen molar-refractivity contribution >= 4 is 30.7 Å². The fourth-order valence-corrected chi connectivity index (χ4v) is 4.71. The first kappa shape index (κ1) is 26.5. The van der Waals surface area contributed by atoms with Crippen molar-refractivity contribution in [2.45, 2.75) is 39.5 Å². The predicted molar refractivity (Wildman–Crippen MR) is 137 cm³/mol. The van der Waals surface area contributed by atoms with Crippen LogP contribution in [0.1, 0.15) is 22.8 Å². The first-order valence-electron chi connectivity index (χ1n) is 11.7. The van der Waals surface area contributed by atoms with Crippen LogP contribution in [-0.2, 0) is 22.4 Å². The van der Waals surface area contributed by atoms with Crippen LogP contribution in [0.5, 0.6) is 0 Å². The van der Waals surface area contributed by atoms with Crippen molar-refractivity contribution in [1.82, 2.24) is 19.5 Å². The zero-order valence-corrected chi connectivity index (χ0v) is 22.2. The number of imidazole rings is 1. The lowest BCUT2D eigenvalue weighted by Gasteiger charge is -2.16. The van der Waals surface area contributed by atoms with Crippen LogP contribution in [0.15, 0.2) is 48.5 Å². The van der Waals surface area contributed by atoms with E-state index in [1.165, 1.54) is 13.2 Å². The second-order valence-electron chi connectivity index (χ2n) is 9.48. The molecule has 0 unspecified atom stereocenters. The number of fused-ring (bicyclic) bond motifs is 1. The predicted octanol–water partition coefficient (Wildman–Crippen LogP) is 5.50. The van der Waals surface area contributed by atoms with Crippen LogP contribution in [0.4, 0.5) is 13.2 Å². The first-order chi connectivity index (χ1) is 17.4. The van der Waals surface area contributed by atoms with Crippen LogP contribution in [0.2, 0.25) is 19.6 Å². The maximum Gasteiger partial charge on any atom is 0.416 e. The number of nitrogens with zero attached hydrogens (tertiary/aromatic N) is 4. The van der Waals surface area contributed by atoms with E-state index in [4.69, 9.17) is 24.4 Å². The van der Waals surface area contributed by atoms with Crippen LogP contribution in [0.25, 0.3) is 33.8 Å². The molecule has 0 aliphatic carbocycles. The van der Waals surface area contributed by atoms with Crippen molar-refractivity contribution in [2.24, 2.45) is 0 Å². The van der Waals surface area contributed by atoms with Crippen molar-refractivity contribution in [1.29, 1.82) is 0 Å². The number of hydrogen-bond acceptors (Lipinski definition) is 6. The average molecular weight is 529 g/mol. The van der Waals surface area contributed by atoms with E-state index in [1.54, 1.807) is 41.8 Å². The fourth-order valence-electron chi connectivity index (χ4n) is 3.82. The Balaban J connectivity index is 1.97. The second-order valence-corrected chi connectivity index (χ2v) is 14.4. The number of methoxy groups -OCH3 is 1. The molecular formula is C26H27F3N4O3Si. The molecule has 2 aromatic heterocycles. The maximum absolute atomic E-state index is 13.4. The van der Waals surface area contributed by atoms with E-state index >= 15 is 0 Å². The van der Waals surface area contributed by atoms with Gasteiger partial charge in [0.1, 0.15) is 37.3 Å². The van der Waals surface area contributed by atoms with Gasteiger partial charge in [-0.3, -0.25) is 4.57 Å². The minimum atomic E-state index is -4.50. The van der Waals surface area contributed by atoms with Gasteiger partial charge in [0.2, 0.25) is 0 Å². The van der Waals surface area contributed by atoms with Gasteiger partial charge in [0.15, 0.2) is 5.65 Å². The van der Waals surface area contributed by atoms with Crippen molar-refractivity contribution in [3.8, 4) is 22.6 Å². The molecule has 0 saturated heterocycles. The highest BCUT2D eigenvalue weighted by Gasteiger charge is 2.31. The summed E-state index contributed by atoms with van der Waals surface area (Å²) in [5.41, 5.74) is 2.68. The SMILES string of the molecule is CCOC(=O)c1ccc(-c2nc([Si](C)(C)C)nc3c2nc(-c2cccc(C(F)(F)F)c2)n3COC)cc1. The van der Waals surface area contributed by atoms with E-state index < -0.39 is 25.8 Å². The van der Waals surface area contributed by atoms with Crippen LogP contribution in [-0.4, -0.2) is 47.3 Å². The molecule has 0 aliphatic rings. The number of ether oxygens (including phenoxy) is 2. The summed E-state index contributed by atoms with van der Waals surface area (Å²) in [5.74, 6) is -0.143. The Labute approximate surface area is 213 Å². The third-order valence-corrected chi connectivity index (χ3v) is 7.21. The van der Waals surface area contributed by atoms with Gasteiger partial charge >= 0.3 is 12.1 Å². The first-order valence-corrected chi connectivity index (χ1v) is 15.2. The summed E-state index contributed by atoms with van der Waals surface area (Å²) in [6.07, 6.45) is -4.50. The number of alkyl halides is 3. The molecule has 4 aromatic rings. The number of hydrogen-bond donors (Lipinski definition) is 0. The van der Waals surface area contributed by atoms with E-state index in [0.29, 0.717) is 33.4 Å². The lowest BCUT2D eigenvalue weighted by Crippen LogP contribution is -2.42. The summed E-state index contributed by atoms with van der Waals surface area (Å²) in [4.78, 5) is 26.5. The summed E-state index contributed by atoms with van der Waals surface area (Å²) in [5, 5.41) is 0. The molecule has 11 heteroatoms. The molecule has 0 aliphatic heterocycles. The monoisotopic (exact) mass is 528 g/mol. The number of aromatic nitrogens is 4. The molecule has 0 bridgehead atoms. The summed E-state index contributed by atoms with van der Waals surface area (Å²) < 4.78 is 52.4. The topological polar surface area (TPSA) is 79.1 Å². The largest absolute Gasteiger partial charge is 0.462 e. The highest BCUT2D eigenvalue weighted by atomic mass is 28.3. The summed E-state index contributed by atoms with van der Waals surface area (Å²) in [6.45, 7) is 8.35. The van der Waals surface area contributed by atoms with E-state index in [1.807, 2.05) is 0 Å². The molecule has 0 saturated carbocycles. The fraction of sp³-hybridized carbons (Fsp3) is 0.308. The molecule has 0 fully saturated rings. The molecule has 0 N–H and O–H groups in total. The Kier molecular flexibility index (Phi) is 7.20. The van der Waals surface area contributed by atoms with Gasteiger partial charge in [-0.25, -0.2) is 19.7 Å². The normalized spacial score (nSPS) is 12.2. The number of halogens is 3. The van der Waals surface area contributed by atoms with Gasteiger partial charge in [0.05, 0.1) is 17.7 Å². The molecule has 0 spiro atoms. The van der Waals surface area contributed by atoms with Gasteiger partial charge in [0.25, 0.3) is 0 Å². The third-order valence-electron chi connectivity index (χ3n) is 5.64. The zero-order chi connectivity index (χ0) is 27.0. The Morgan fingerprint density at radius 3 is 2.30 bits per heavy atom. The van der Waals surface area contributed by atoms with Crippen molar-refractivity contribution in [2.75, 3.05) is 13.7 Å². The van der Waals surface area contributed by atoms with Crippen molar-refractivity contribution < 1.29 is 27.4 Å². The lowest BCUT2D eigenvalue weighted by atomic mass is 10.1. The molecule has 7 nitrogen and oxygen atoms in total. The van der Waals surface area contributed by atoms with Gasteiger partial charge in [0, 0.05) is 18.2 Å². The molecule has 4 rings (SSSR count). The molecule has 37 heavy (non-hydrogen) atoms. The number of rotatable bonds is 7. The molecule has 2 aromatic carbocycles. The molecule has 0 radical (unpaired) electrons. The lowest BCUT2D eigenvalue weighted by molar-refractivity contribution is -0.137. The van der Waals surface area contributed by atoms with E-state index in [2.05, 4.69) is 19.6 Å². The quantitative estimate of drug-likeness (QED) is 0.233. The van der Waals surface area contributed by atoms with Gasteiger partial charge in [-0.1, -0.05) is 43.9 Å².